The van der Waals surface area contributed by atoms with Gasteiger partial charge in [-0.2, -0.15) is 12.6 Å². The average molecular weight is 647 g/mol. The predicted molar refractivity (Wildman–Crippen MR) is 183 cm³/mol. The zero-order valence-corrected chi connectivity index (χ0v) is 29.2. The first-order valence-electron chi connectivity index (χ1n) is 15.1. The van der Waals surface area contributed by atoms with E-state index in [0.717, 1.165) is 24.8 Å². The minimum absolute atomic E-state index is 0.0518. The van der Waals surface area contributed by atoms with Crippen molar-refractivity contribution in [2.75, 3.05) is 31.5 Å². The van der Waals surface area contributed by atoms with Gasteiger partial charge in [-0.05, 0) is 42.2 Å². The number of hydrogen-bond donors (Lipinski definition) is 1. The fourth-order valence-corrected chi connectivity index (χ4v) is 4.96. The van der Waals surface area contributed by atoms with E-state index in [9.17, 15) is 24.0 Å². The van der Waals surface area contributed by atoms with Gasteiger partial charge in [0.15, 0.2) is 5.78 Å². The van der Waals surface area contributed by atoms with Gasteiger partial charge in [0.1, 0.15) is 0 Å². The van der Waals surface area contributed by atoms with E-state index >= 15 is 0 Å². The predicted octanol–water partition coefficient (Wildman–Crippen LogP) is 7.77. The van der Waals surface area contributed by atoms with Crippen molar-refractivity contribution in [3.8, 4) is 0 Å². The molecule has 0 spiro atoms. The molecule has 3 unspecified atom stereocenters. The fraction of sp³-hybridized carbons (Fsp3) is 0.514. The van der Waals surface area contributed by atoms with Crippen molar-refractivity contribution >= 4 is 53.7 Å². The zero-order valence-electron chi connectivity index (χ0n) is 27.5. The molecule has 0 amide bonds. The molecule has 0 aromatic heterocycles. The first-order valence-corrected chi connectivity index (χ1v) is 16.9. The molecular weight excluding hydrogens is 597 g/mol. The Hall–Kier alpha value is -2.91. The Labute approximate surface area is 273 Å². The van der Waals surface area contributed by atoms with Crippen LogP contribution in [-0.2, 0) is 23.9 Å². The number of esters is 2. The molecule has 2 aromatic rings. The molecule has 9 heteroatoms. The third-order valence-electron chi connectivity index (χ3n) is 7.29. The molecule has 0 aliphatic rings. The summed E-state index contributed by atoms with van der Waals surface area (Å²) in [5.74, 6) is 0.992. The van der Waals surface area contributed by atoms with Gasteiger partial charge in [0, 0.05) is 29.2 Å². The van der Waals surface area contributed by atoms with Crippen molar-refractivity contribution in [3.05, 3.63) is 70.8 Å². The van der Waals surface area contributed by atoms with Gasteiger partial charge in [-0.1, -0.05) is 90.1 Å². The number of hydrogen-bond acceptors (Lipinski definition) is 9. The highest BCUT2D eigenvalue weighted by molar-refractivity contribution is 7.99. The summed E-state index contributed by atoms with van der Waals surface area (Å²) in [6, 6.07) is 15.3. The molecule has 3 atom stereocenters. The smallest absolute Gasteiger partial charge is 0.315 e. The first kappa shape index (κ1) is 41.1. The second kappa shape index (κ2) is 23.5. The molecule has 0 N–H and O–H groups in total. The summed E-state index contributed by atoms with van der Waals surface area (Å²) in [7, 11) is 2.71. The Bertz CT molecular complexity index is 1150. The number of ether oxygens (including phenoxy) is 2. The number of methoxy groups -OCH3 is 2. The summed E-state index contributed by atoms with van der Waals surface area (Å²) in [4.78, 5) is 56.4. The van der Waals surface area contributed by atoms with Gasteiger partial charge in [0.2, 0.25) is 11.6 Å². The zero-order chi connectivity index (χ0) is 33.7. The van der Waals surface area contributed by atoms with Crippen molar-refractivity contribution in [2.45, 2.75) is 79.1 Å². The third-order valence-corrected chi connectivity index (χ3v) is 8.63. The van der Waals surface area contributed by atoms with Gasteiger partial charge in [-0.15, -0.1) is 11.8 Å². The summed E-state index contributed by atoms with van der Waals surface area (Å²) >= 11 is 5.08. The molecule has 0 radical (unpaired) electrons. The van der Waals surface area contributed by atoms with Crippen LogP contribution in [0.25, 0.3) is 0 Å². The van der Waals surface area contributed by atoms with Crippen LogP contribution < -0.4 is 0 Å². The lowest BCUT2D eigenvalue weighted by atomic mass is 9.93. The van der Waals surface area contributed by atoms with Crippen LogP contribution in [0.15, 0.2) is 48.5 Å². The molecule has 244 valence electrons. The van der Waals surface area contributed by atoms with Crippen molar-refractivity contribution < 1.29 is 33.4 Å². The van der Waals surface area contributed by atoms with Gasteiger partial charge in [-0.25, -0.2) is 0 Å². The van der Waals surface area contributed by atoms with Crippen LogP contribution in [0, 0.1) is 5.92 Å². The second-order valence-corrected chi connectivity index (χ2v) is 11.6. The molecule has 2 aromatic carbocycles. The van der Waals surface area contributed by atoms with Gasteiger partial charge in [0.25, 0.3) is 0 Å². The number of benzene rings is 2. The van der Waals surface area contributed by atoms with E-state index in [-0.39, 0.29) is 47.4 Å². The minimum Gasteiger partial charge on any atom is -0.468 e. The fourth-order valence-electron chi connectivity index (χ4n) is 3.75. The number of ketones is 3. The van der Waals surface area contributed by atoms with Crippen LogP contribution in [0.1, 0.15) is 111 Å². The van der Waals surface area contributed by atoms with E-state index in [1.165, 1.54) is 37.1 Å². The lowest BCUT2D eigenvalue weighted by Crippen LogP contribution is -2.18. The first-order chi connectivity index (χ1) is 20.9. The highest BCUT2D eigenvalue weighted by atomic mass is 32.2. The normalized spacial score (nSPS) is 12.2. The second-order valence-electron chi connectivity index (χ2n) is 10.3. The number of rotatable bonds is 15. The maximum absolute atomic E-state index is 12.5. The van der Waals surface area contributed by atoms with Gasteiger partial charge < -0.3 is 9.47 Å². The monoisotopic (exact) mass is 646 g/mol. The topological polar surface area (TPSA) is 104 Å². The number of carbonyl (C=O) groups is 5. The summed E-state index contributed by atoms with van der Waals surface area (Å²) < 4.78 is 8.80. The van der Waals surface area contributed by atoms with Gasteiger partial charge >= 0.3 is 11.9 Å². The van der Waals surface area contributed by atoms with Crippen LogP contribution >= 0.6 is 24.4 Å². The lowest BCUT2D eigenvalue weighted by Gasteiger charge is -2.14. The van der Waals surface area contributed by atoms with E-state index in [1.54, 1.807) is 19.1 Å². The molecular formula is C35H50O7S2. The van der Waals surface area contributed by atoms with Crippen molar-refractivity contribution in [3.63, 3.8) is 0 Å². The molecule has 0 aliphatic carbocycles. The number of carbonyl (C=O) groups excluding carboxylic acids is 5. The maximum Gasteiger partial charge on any atom is 0.315 e. The van der Waals surface area contributed by atoms with Crippen LogP contribution in [0.4, 0.5) is 0 Å². The molecule has 7 nitrogen and oxygen atoms in total. The Morgan fingerprint density at radius 3 is 1.50 bits per heavy atom. The van der Waals surface area contributed by atoms with Gasteiger partial charge in [-0.3, -0.25) is 24.0 Å². The summed E-state index contributed by atoms with van der Waals surface area (Å²) in [5, 5.41) is 0. The summed E-state index contributed by atoms with van der Waals surface area (Å²) in [5.41, 5.74) is 3.74. The highest BCUT2D eigenvalue weighted by Gasteiger charge is 2.19. The Balaban J connectivity index is 0.000000732. The van der Waals surface area contributed by atoms with Crippen molar-refractivity contribution in [1.29, 1.82) is 0 Å². The molecule has 0 saturated carbocycles. The van der Waals surface area contributed by atoms with Crippen LogP contribution in [0.3, 0.4) is 0 Å². The average Bonchev–Trinajstić information content (AvgIpc) is 3.08. The lowest BCUT2D eigenvalue weighted by molar-refractivity contribution is -0.138. The quantitative estimate of drug-likeness (QED) is 0.0906. The van der Waals surface area contributed by atoms with Crippen LogP contribution in [0.2, 0.25) is 0 Å². The Morgan fingerprint density at radius 2 is 1.16 bits per heavy atom. The van der Waals surface area contributed by atoms with E-state index in [0.29, 0.717) is 28.9 Å². The maximum atomic E-state index is 12.5. The molecule has 0 aliphatic heterocycles. The Morgan fingerprint density at radius 1 is 0.705 bits per heavy atom. The van der Waals surface area contributed by atoms with E-state index in [2.05, 4.69) is 61.9 Å². The third kappa shape index (κ3) is 15.2. The number of thiol groups is 1. The summed E-state index contributed by atoms with van der Waals surface area (Å²) in [6.45, 7) is 12.3. The van der Waals surface area contributed by atoms with E-state index in [4.69, 9.17) is 0 Å². The number of Topliss-reactive ketones (excluding diaryl/α,β-unsaturated/α-hetero) is 3. The molecule has 0 fully saturated rings. The minimum atomic E-state index is -0.377. The highest BCUT2D eigenvalue weighted by Crippen LogP contribution is 2.22. The SMILES string of the molecule is CCC(=O)C(=O)c1ccc(C(C)CC)cc1.CCC(CSCC(=O)OC)C(=O)c1ccc(C(C)CC)cc1.COC(=O)CS. The molecule has 0 bridgehead atoms. The molecule has 44 heavy (non-hydrogen) atoms. The van der Waals surface area contributed by atoms with E-state index < -0.39 is 0 Å². The Kier molecular flexibility index (Phi) is 21.9. The van der Waals surface area contributed by atoms with Crippen LogP contribution in [-0.4, -0.2) is 60.8 Å². The van der Waals surface area contributed by atoms with E-state index in [1.807, 2.05) is 31.2 Å². The molecule has 0 saturated heterocycles. The summed E-state index contributed by atoms with van der Waals surface area (Å²) in [6.07, 6.45) is 3.21. The van der Waals surface area contributed by atoms with Crippen LogP contribution in [0.5, 0.6) is 0 Å². The number of thioether (sulfide) groups is 1. The molecule has 0 heterocycles. The van der Waals surface area contributed by atoms with Crippen molar-refractivity contribution in [2.24, 2.45) is 5.92 Å². The standard InChI is InChI=1S/C18H26O3S.C14H18O2.C3H6O2S/c1-5-13(3)15-7-9-16(10-8-15)18(20)14(6-2)11-22-12-17(19)21-4;1-4-10(3)11-6-8-12(9-7-11)14(16)13(15)5-2;1-5-3(4)2-6/h7-10,13-14H,5-6,11-12H2,1-4H3;6-10H,4-5H2,1-3H3;6H,2H2,1H3. The van der Waals surface area contributed by atoms with Gasteiger partial charge in [0.05, 0.1) is 25.7 Å². The largest absolute Gasteiger partial charge is 0.468 e. The molecule has 2 rings (SSSR count). The van der Waals surface area contributed by atoms with Crippen molar-refractivity contribution in [1.82, 2.24) is 0 Å².